The lowest BCUT2D eigenvalue weighted by molar-refractivity contribution is -0.761. The molecule has 3 aromatic rings. The van der Waals surface area contributed by atoms with E-state index >= 15 is 0 Å². The molecule has 1 aliphatic heterocycles. The molecule has 0 saturated heterocycles. The molecule has 0 radical (unpaired) electrons. The van der Waals surface area contributed by atoms with Gasteiger partial charge in [-0.1, -0.05) is 81.0 Å². The zero-order valence-corrected chi connectivity index (χ0v) is 20.2. The second-order valence-electron chi connectivity index (χ2n) is 10.8. The molecule has 2 saturated carbocycles. The molecule has 0 unspecified atom stereocenters. The number of hydrogen-bond acceptors (Lipinski definition) is 0. The normalized spacial score (nSPS) is 22.3. The van der Waals surface area contributed by atoms with Gasteiger partial charge in [0.25, 0.3) is 5.82 Å². The van der Waals surface area contributed by atoms with Gasteiger partial charge >= 0.3 is 0 Å². The summed E-state index contributed by atoms with van der Waals surface area (Å²) in [6.07, 6.45) is 12.3. The summed E-state index contributed by atoms with van der Waals surface area (Å²) in [5.41, 5.74) is 6.65. The Balaban J connectivity index is 1.76. The van der Waals surface area contributed by atoms with Crippen LogP contribution in [0.5, 0.6) is 0 Å². The van der Waals surface area contributed by atoms with Gasteiger partial charge in [-0.15, -0.1) is 0 Å². The first-order valence-corrected chi connectivity index (χ1v) is 13.2. The van der Waals surface area contributed by atoms with E-state index < -0.39 is 6.85 Å². The van der Waals surface area contributed by atoms with Crippen LogP contribution in [0.25, 0.3) is 16.9 Å². The Bertz CT molecular complexity index is 1260. The number of imidazole rings is 1. The molecule has 0 bridgehead atoms. The van der Waals surface area contributed by atoms with Crippen LogP contribution in [0.4, 0.5) is 0 Å². The maximum atomic E-state index is 8.92. The predicted octanol–water partition coefficient (Wildman–Crippen LogP) is 7.57. The average molecular weight is 443 g/mol. The molecule has 2 aliphatic carbocycles. The molecule has 0 N–H and O–H groups in total. The molecule has 2 heteroatoms. The molecule has 0 atom stereocenters. The van der Waals surface area contributed by atoms with Crippen LogP contribution in [0.1, 0.15) is 91.0 Å². The Morgan fingerprint density at radius 3 is 2.06 bits per heavy atom. The second-order valence-corrected chi connectivity index (χ2v) is 10.8. The summed E-state index contributed by atoms with van der Waals surface area (Å²) in [5.74, 6) is 1.43. The zero-order chi connectivity index (χ0) is 25.1. The Labute approximate surface area is 203 Å². The van der Waals surface area contributed by atoms with Crippen LogP contribution in [0.15, 0.2) is 48.5 Å². The smallest absolute Gasteiger partial charge is 0.217 e. The third-order valence-corrected chi connectivity index (χ3v) is 9.12. The molecule has 2 heterocycles. The summed E-state index contributed by atoms with van der Waals surface area (Å²) < 4.78 is 31.2. The molecule has 0 amide bonds. The van der Waals surface area contributed by atoms with Crippen LogP contribution in [0, 0.1) is 32.5 Å². The van der Waals surface area contributed by atoms with Gasteiger partial charge in [-0.3, -0.25) is 0 Å². The second kappa shape index (κ2) is 8.15. The summed E-state index contributed by atoms with van der Waals surface area (Å²) >= 11 is 0. The van der Waals surface area contributed by atoms with Crippen molar-refractivity contribution in [2.45, 2.75) is 90.4 Å². The van der Waals surface area contributed by atoms with Gasteiger partial charge in [-0.05, 0) is 44.2 Å². The lowest BCUT2D eigenvalue weighted by Gasteiger charge is -2.45. The highest BCUT2D eigenvalue weighted by atomic mass is 15.2. The van der Waals surface area contributed by atoms with E-state index in [4.69, 9.17) is 4.11 Å². The van der Waals surface area contributed by atoms with Crippen molar-refractivity contribution in [3.8, 4) is 16.9 Å². The predicted molar refractivity (Wildman–Crippen MR) is 136 cm³/mol. The van der Waals surface area contributed by atoms with Crippen molar-refractivity contribution in [2.75, 3.05) is 0 Å². The fraction of sp³-hybridized carbons (Fsp3) is 0.516. The average Bonchev–Trinajstić information content (AvgIpc) is 3.36. The zero-order valence-electron chi connectivity index (χ0n) is 23.2. The van der Waals surface area contributed by atoms with Crippen molar-refractivity contribution >= 4 is 0 Å². The van der Waals surface area contributed by atoms with Gasteiger partial charge in [0, 0.05) is 40.9 Å². The number of rotatable bonds is 3. The molecule has 2 nitrogen and oxygen atoms in total. The molecular formula is C31H39N2+. The van der Waals surface area contributed by atoms with E-state index in [1.807, 2.05) is 12.1 Å². The van der Waals surface area contributed by atoms with Crippen molar-refractivity contribution in [3.63, 3.8) is 0 Å². The van der Waals surface area contributed by atoms with E-state index in [2.05, 4.69) is 59.4 Å². The van der Waals surface area contributed by atoms with Crippen LogP contribution < -0.4 is 4.57 Å². The summed E-state index contributed by atoms with van der Waals surface area (Å²) in [7, 11) is 0. The van der Waals surface area contributed by atoms with E-state index in [-0.39, 0.29) is 5.54 Å². The van der Waals surface area contributed by atoms with Gasteiger partial charge in [-0.2, -0.15) is 4.57 Å². The number of aromatic nitrogens is 2. The number of fused-ring (bicyclic) bond motifs is 3. The highest BCUT2D eigenvalue weighted by Crippen LogP contribution is 2.55. The lowest BCUT2D eigenvalue weighted by Crippen LogP contribution is -2.65. The van der Waals surface area contributed by atoms with Gasteiger partial charge in [0.15, 0.2) is 11.4 Å². The van der Waals surface area contributed by atoms with Gasteiger partial charge in [0.1, 0.15) is 11.2 Å². The minimum Gasteiger partial charge on any atom is -0.217 e. The standard InChI is InChI=1S/C31H39N2/c1-22-14-10-13-21-29(22)32-23(2)30-27-19-11-12-20-28(27)31(33(30)24(32)3,25-15-6-4-7-16-25)26-17-8-5-9-18-26/h10-14,19-21,25-26H,4-9,15-18H2,1-3H3/q+1/i3D3. The Kier molecular flexibility index (Phi) is 4.45. The Morgan fingerprint density at radius 1 is 0.818 bits per heavy atom. The molecular weight excluding hydrogens is 400 g/mol. The van der Waals surface area contributed by atoms with Crippen LogP contribution in [-0.4, -0.2) is 4.57 Å². The maximum absolute atomic E-state index is 8.92. The van der Waals surface area contributed by atoms with E-state index in [0.29, 0.717) is 17.7 Å². The molecule has 1 aromatic heterocycles. The van der Waals surface area contributed by atoms with E-state index in [1.165, 1.54) is 75.3 Å². The first-order valence-electron chi connectivity index (χ1n) is 14.7. The number of hydrogen-bond donors (Lipinski definition) is 0. The van der Waals surface area contributed by atoms with Crippen LogP contribution in [0.2, 0.25) is 0 Å². The third kappa shape index (κ3) is 2.95. The number of aryl methyl sites for hydroxylation is 1. The van der Waals surface area contributed by atoms with E-state index in [9.17, 15) is 0 Å². The molecule has 2 aromatic carbocycles. The summed E-state index contributed by atoms with van der Waals surface area (Å²) in [4.78, 5) is 0. The number of para-hydroxylation sites is 1. The fourth-order valence-electron chi connectivity index (χ4n) is 7.80. The van der Waals surface area contributed by atoms with Crippen molar-refractivity contribution in [2.24, 2.45) is 11.8 Å². The molecule has 0 spiro atoms. The maximum Gasteiger partial charge on any atom is 0.259 e. The minimum atomic E-state index is -2.23. The SMILES string of the molecule is [2H]C([2H])([2H])c1n(-c2ccccc2C)c(C)c2[n+]1C(C1CCCCC1)(C1CCCCC1)c1ccccc1-2. The number of nitrogens with zero attached hydrogens (tertiary/aromatic N) is 2. The van der Waals surface area contributed by atoms with Gasteiger partial charge in [-0.25, -0.2) is 4.57 Å². The van der Waals surface area contributed by atoms with Gasteiger partial charge in [0.05, 0.1) is 0 Å². The summed E-state index contributed by atoms with van der Waals surface area (Å²) in [5, 5.41) is 0. The quantitative estimate of drug-likeness (QED) is 0.370. The largest absolute Gasteiger partial charge is 0.259 e. The molecule has 172 valence electrons. The first kappa shape index (κ1) is 18.0. The topological polar surface area (TPSA) is 8.81 Å². The van der Waals surface area contributed by atoms with Crippen molar-refractivity contribution in [1.29, 1.82) is 0 Å². The Hall–Kier alpha value is -2.35. The number of benzene rings is 2. The van der Waals surface area contributed by atoms with Crippen LogP contribution in [-0.2, 0) is 5.54 Å². The first-order chi connectivity index (χ1) is 17.4. The highest BCUT2D eigenvalue weighted by molar-refractivity contribution is 5.69. The van der Waals surface area contributed by atoms with Crippen molar-refractivity contribution < 1.29 is 8.68 Å². The van der Waals surface area contributed by atoms with Crippen LogP contribution in [0.3, 0.4) is 0 Å². The van der Waals surface area contributed by atoms with Crippen molar-refractivity contribution in [1.82, 2.24) is 4.57 Å². The molecule has 33 heavy (non-hydrogen) atoms. The lowest BCUT2D eigenvalue weighted by atomic mass is 9.61. The molecule has 6 rings (SSSR count). The van der Waals surface area contributed by atoms with Gasteiger partial charge < -0.3 is 0 Å². The van der Waals surface area contributed by atoms with Gasteiger partial charge in [0.2, 0.25) is 0 Å². The van der Waals surface area contributed by atoms with E-state index in [0.717, 1.165) is 22.6 Å². The van der Waals surface area contributed by atoms with E-state index in [1.54, 1.807) is 0 Å². The Morgan fingerprint density at radius 2 is 1.42 bits per heavy atom. The highest BCUT2D eigenvalue weighted by Gasteiger charge is 2.59. The minimum absolute atomic E-state index is 0.283. The summed E-state index contributed by atoms with van der Waals surface area (Å²) in [6.45, 7) is 2.00. The van der Waals surface area contributed by atoms with Crippen molar-refractivity contribution in [3.05, 3.63) is 71.2 Å². The monoisotopic (exact) mass is 442 g/mol. The fourth-order valence-corrected chi connectivity index (χ4v) is 7.80. The van der Waals surface area contributed by atoms with Crippen LogP contribution >= 0.6 is 0 Å². The molecule has 2 fully saturated rings. The third-order valence-electron chi connectivity index (χ3n) is 9.12. The summed E-state index contributed by atoms with van der Waals surface area (Å²) in [6, 6.07) is 17.2. The molecule has 3 aliphatic rings.